The molecule has 1 unspecified atom stereocenters. The van der Waals surface area contributed by atoms with E-state index in [-0.39, 0.29) is 5.82 Å². The molecule has 2 N–H and O–H groups in total. The number of halogens is 2. The van der Waals surface area contributed by atoms with E-state index in [0.717, 1.165) is 19.6 Å². The third-order valence-corrected chi connectivity index (χ3v) is 4.12. The van der Waals surface area contributed by atoms with Gasteiger partial charge in [-0.05, 0) is 12.1 Å². The first-order valence-corrected chi connectivity index (χ1v) is 8.03. The van der Waals surface area contributed by atoms with Gasteiger partial charge >= 0.3 is 0 Å². The first-order valence-electron chi connectivity index (χ1n) is 7.65. The molecule has 0 aromatic heterocycles. The minimum atomic E-state index is -0.213. The second-order valence-electron chi connectivity index (χ2n) is 6.00. The van der Waals surface area contributed by atoms with Gasteiger partial charge in [-0.25, -0.2) is 4.39 Å². The van der Waals surface area contributed by atoms with Crippen LogP contribution in [0.3, 0.4) is 0 Å². The number of rotatable bonds is 7. The molecule has 2 rings (SSSR count). The van der Waals surface area contributed by atoms with E-state index in [9.17, 15) is 4.39 Å². The van der Waals surface area contributed by atoms with Crippen molar-refractivity contribution in [1.29, 1.82) is 0 Å². The largest absolute Gasteiger partial charge is 0.335 e. The van der Waals surface area contributed by atoms with Gasteiger partial charge in [0, 0.05) is 5.56 Å². The molecule has 2 nitrogen and oxygen atoms in total. The predicted molar refractivity (Wildman–Crippen MR) is 88.8 cm³/mol. The molecule has 0 fully saturated rings. The molecule has 1 atom stereocenters. The van der Waals surface area contributed by atoms with E-state index in [1.54, 1.807) is 12.1 Å². The monoisotopic (exact) mass is 322 g/mol. The number of hydrogen-bond acceptors (Lipinski definition) is 0. The Kier molecular flexibility index (Phi) is 6.37. The van der Waals surface area contributed by atoms with Crippen molar-refractivity contribution in [3.05, 3.63) is 70.5 Å². The van der Waals surface area contributed by atoms with Crippen LogP contribution >= 0.6 is 11.6 Å². The molecule has 0 saturated carbocycles. The first-order chi connectivity index (χ1) is 10.6. The molecule has 2 aromatic carbocycles. The number of nitrogens with one attached hydrogen (secondary N) is 2. The second-order valence-corrected chi connectivity index (χ2v) is 6.40. The van der Waals surface area contributed by atoms with Gasteiger partial charge in [-0.3, -0.25) is 0 Å². The summed E-state index contributed by atoms with van der Waals surface area (Å²) in [6, 6.07) is 15.2. The quantitative estimate of drug-likeness (QED) is 0.758. The summed E-state index contributed by atoms with van der Waals surface area (Å²) in [5, 5.41) is 0.516. The fourth-order valence-electron chi connectivity index (χ4n) is 2.50. The Hall–Kier alpha value is -1.42. The number of hydrogen-bond donors (Lipinski definition) is 2. The summed E-state index contributed by atoms with van der Waals surface area (Å²) in [5.74, 6) is -0.213. The van der Waals surface area contributed by atoms with Gasteiger partial charge in [0.15, 0.2) is 0 Å². The van der Waals surface area contributed by atoms with E-state index in [1.165, 1.54) is 21.4 Å². The zero-order valence-electron chi connectivity index (χ0n) is 13.2. The Morgan fingerprint density at radius 2 is 1.64 bits per heavy atom. The molecule has 4 heteroatoms. The van der Waals surface area contributed by atoms with E-state index < -0.39 is 0 Å². The van der Waals surface area contributed by atoms with Gasteiger partial charge in [0.2, 0.25) is 0 Å². The van der Waals surface area contributed by atoms with Crippen molar-refractivity contribution in [2.24, 2.45) is 0 Å². The molecule has 0 saturated heterocycles. The van der Waals surface area contributed by atoms with Crippen LogP contribution in [0.25, 0.3) is 0 Å². The summed E-state index contributed by atoms with van der Waals surface area (Å²) in [7, 11) is 4.27. The van der Waals surface area contributed by atoms with Gasteiger partial charge < -0.3 is 9.80 Å². The Morgan fingerprint density at radius 3 is 2.27 bits per heavy atom. The van der Waals surface area contributed by atoms with Gasteiger partial charge in [-0.1, -0.05) is 48.0 Å². The lowest BCUT2D eigenvalue weighted by atomic mass is 10.1. The predicted octanol–water partition coefficient (Wildman–Crippen LogP) is 1.21. The van der Waals surface area contributed by atoms with E-state index in [0.29, 0.717) is 17.1 Å². The van der Waals surface area contributed by atoms with Crippen molar-refractivity contribution in [2.75, 3.05) is 27.2 Å². The second kappa shape index (κ2) is 8.28. The Morgan fingerprint density at radius 1 is 0.909 bits per heavy atom. The smallest absolute Gasteiger partial charge is 0.133 e. The fraction of sp³-hybridized carbons (Fsp3) is 0.333. The highest BCUT2D eigenvalue weighted by Gasteiger charge is 2.17. The van der Waals surface area contributed by atoms with Crippen LogP contribution in [-0.2, 0) is 13.1 Å². The standard InChI is InChI=1S/C18H22ClFN2/c1-21(2)11-12-22(13-15-7-4-3-5-8-15)14-16-17(19)9-6-10-18(16)20/h3-10H,11-14H2,1-2H3/p+2. The van der Waals surface area contributed by atoms with Crippen LogP contribution < -0.4 is 9.80 Å². The highest BCUT2D eigenvalue weighted by Crippen LogP contribution is 2.17. The van der Waals surface area contributed by atoms with Crippen LogP contribution in [0.2, 0.25) is 5.02 Å². The summed E-state index contributed by atoms with van der Waals surface area (Å²) in [4.78, 5) is 2.71. The lowest BCUT2D eigenvalue weighted by Gasteiger charge is -2.21. The Bertz CT molecular complexity index is 567. The zero-order valence-corrected chi connectivity index (χ0v) is 14.0. The average Bonchev–Trinajstić information content (AvgIpc) is 2.49. The van der Waals surface area contributed by atoms with Crippen LogP contribution in [0.4, 0.5) is 4.39 Å². The molecule has 0 heterocycles. The van der Waals surface area contributed by atoms with E-state index in [1.807, 2.05) is 18.2 Å². The fourth-order valence-corrected chi connectivity index (χ4v) is 2.73. The van der Waals surface area contributed by atoms with E-state index in [4.69, 9.17) is 11.6 Å². The maximum atomic E-state index is 14.0. The topological polar surface area (TPSA) is 8.88 Å². The van der Waals surface area contributed by atoms with Crippen LogP contribution in [-0.4, -0.2) is 27.2 Å². The molecular weight excluding hydrogens is 299 g/mol. The normalized spacial score (nSPS) is 12.6. The van der Waals surface area contributed by atoms with Crippen LogP contribution in [0.5, 0.6) is 0 Å². The molecule has 118 valence electrons. The molecule has 0 aliphatic carbocycles. The van der Waals surface area contributed by atoms with Crippen molar-refractivity contribution in [3.8, 4) is 0 Å². The van der Waals surface area contributed by atoms with Gasteiger partial charge in [0.1, 0.15) is 32.0 Å². The van der Waals surface area contributed by atoms with Crippen LogP contribution in [0.15, 0.2) is 48.5 Å². The lowest BCUT2D eigenvalue weighted by molar-refractivity contribution is -0.960. The number of benzene rings is 2. The van der Waals surface area contributed by atoms with Crippen molar-refractivity contribution in [3.63, 3.8) is 0 Å². The third kappa shape index (κ3) is 5.09. The van der Waals surface area contributed by atoms with E-state index >= 15 is 0 Å². The SMILES string of the molecule is C[NH+](C)CC[NH+](Cc1ccccc1)Cc1c(F)cccc1Cl. The molecular formula is C18H24ClFN2+2. The molecule has 0 radical (unpaired) electrons. The molecule has 22 heavy (non-hydrogen) atoms. The molecule has 2 aromatic rings. The lowest BCUT2D eigenvalue weighted by Crippen LogP contribution is -3.16. The minimum absolute atomic E-state index is 0.213. The van der Waals surface area contributed by atoms with Gasteiger partial charge in [0.25, 0.3) is 0 Å². The molecule has 0 spiro atoms. The first kappa shape index (κ1) is 16.9. The van der Waals surface area contributed by atoms with Crippen molar-refractivity contribution in [1.82, 2.24) is 0 Å². The van der Waals surface area contributed by atoms with Crippen molar-refractivity contribution < 1.29 is 14.2 Å². The van der Waals surface area contributed by atoms with Crippen molar-refractivity contribution >= 4 is 11.6 Å². The Balaban J connectivity index is 2.13. The number of likely N-dealkylation sites (N-methyl/N-ethyl adjacent to an activating group) is 1. The molecule has 0 aliphatic rings. The van der Waals surface area contributed by atoms with Gasteiger partial charge in [-0.2, -0.15) is 0 Å². The maximum absolute atomic E-state index is 14.0. The molecule has 0 aliphatic heterocycles. The average molecular weight is 323 g/mol. The summed E-state index contributed by atoms with van der Waals surface area (Å²) in [6.45, 7) is 3.49. The zero-order chi connectivity index (χ0) is 15.9. The Labute approximate surface area is 137 Å². The maximum Gasteiger partial charge on any atom is 0.133 e. The van der Waals surface area contributed by atoms with Crippen LogP contribution in [0, 0.1) is 5.82 Å². The van der Waals surface area contributed by atoms with Gasteiger partial charge in [-0.15, -0.1) is 0 Å². The summed E-state index contributed by atoms with van der Waals surface area (Å²) < 4.78 is 14.0. The summed E-state index contributed by atoms with van der Waals surface area (Å²) in [6.07, 6.45) is 0. The number of quaternary nitrogens is 2. The van der Waals surface area contributed by atoms with Crippen molar-refractivity contribution in [2.45, 2.75) is 13.1 Å². The van der Waals surface area contributed by atoms with E-state index in [2.05, 4.69) is 26.2 Å². The molecule has 0 bridgehead atoms. The highest BCUT2D eigenvalue weighted by molar-refractivity contribution is 6.31. The highest BCUT2D eigenvalue weighted by atomic mass is 35.5. The minimum Gasteiger partial charge on any atom is -0.335 e. The van der Waals surface area contributed by atoms with Crippen LogP contribution in [0.1, 0.15) is 11.1 Å². The van der Waals surface area contributed by atoms with Gasteiger partial charge in [0.05, 0.1) is 24.7 Å². The molecule has 0 amide bonds. The summed E-state index contributed by atoms with van der Waals surface area (Å²) in [5.41, 5.74) is 1.88. The third-order valence-electron chi connectivity index (χ3n) is 3.76. The summed E-state index contributed by atoms with van der Waals surface area (Å²) >= 11 is 6.18.